The Labute approximate surface area is 155 Å². The maximum atomic E-state index is 13.7. The highest BCUT2D eigenvalue weighted by atomic mass is 32.2. The van der Waals surface area contributed by atoms with Crippen LogP contribution in [0.1, 0.15) is 12.8 Å². The molecule has 0 unspecified atom stereocenters. The molecule has 0 radical (unpaired) electrons. The first kappa shape index (κ1) is 17.8. The number of pyridine rings is 1. The van der Waals surface area contributed by atoms with Gasteiger partial charge in [0.05, 0.1) is 11.5 Å². The number of hydrogen-bond acceptors (Lipinski definition) is 5. The number of fused-ring (bicyclic) bond motifs is 1. The molecule has 1 aliphatic carbocycles. The zero-order valence-electron chi connectivity index (χ0n) is 14.9. The Morgan fingerprint density at radius 2 is 2.00 bits per heavy atom. The zero-order chi connectivity index (χ0) is 19.3. The lowest BCUT2D eigenvalue weighted by atomic mass is 10.0. The normalized spacial score (nSPS) is 14.6. The van der Waals surface area contributed by atoms with E-state index in [1.807, 2.05) is 0 Å². The molecule has 1 saturated carbocycles. The number of furan rings is 1. The van der Waals surface area contributed by atoms with Gasteiger partial charge in [-0.25, -0.2) is 8.42 Å². The molecule has 1 fully saturated rings. The van der Waals surface area contributed by atoms with E-state index < -0.39 is 21.4 Å². The van der Waals surface area contributed by atoms with E-state index in [1.165, 1.54) is 29.9 Å². The molecule has 8 heteroatoms. The van der Waals surface area contributed by atoms with E-state index >= 15 is 0 Å². The van der Waals surface area contributed by atoms with Gasteiger partial charge in [-0.1, -0.05) is 0 Å². The van der Waals surface area contributed by atoms with Crippen LogP contribution < -0.4 is 10.3 Å². The van der Waals surface area contributed by atoms with Gasteiger partial charge in [0.1, 0.15) is 5.75 Å². The monoisotopic (exact) mass is 391 g/mol. The van der Waals surface area contributed by atoms with Crippen molar-refractivity contribution < 1.29 is 22.0 Å². The van der Waals surface area contributed by atoms with E-state index in [2.05, 4.69) is 0 Å². The molecule has 6 nitrogen and oxygen atoms in total. The van der Waals surface area contributed by atoms with Gasteiger partial charge in [0.15, 0.2) is 9.84 Å². The standard InChI is InChI=1S/C19H18FNO5S/c1-21-9-15(14-8-17(20)26-18(14)19(21)22)13-7-12(27(2,23)24)5-6-16(13)25-10-11-3-4-11/h5-9,11H,3-4,10H2,1-2H3. The molecule has 142 valence electrons. The topological polar surface area (TPSA) is 78.5 Å². The van der Waals surface area contributed by atoms with Crippen LogP contribution in [-0.4, -0.2) is 25.8 Å². The van der Waals surface area contributed by atoms with Crippen LogP contribution in [0, 0.1) is 11.9 Å². The van der Waals surface area contributed by atoms with Crippen molar-refractivity contribution in [3.8, 4) is 16.9 Å². The van der Waals surface area contributed by atoms with Gasteiger partial charge in [-0.05, 0) is 37.0 Å². The number of halogens is 1. The molecule has 2 aromatic heterocycles. The number of benzene rings is 1. The Bertz CT molecular complexity index is 1200. The van der Waals surface area contributed by atoms with Crippen molar-refractivity contribution >= 4 is 20.8 Å². The zero-order valence-corrected chi connectivity index (χ0v) is 15.7. The third-order valence-electron chi connectivity index (χ3n) is 4.67. The lowest BCUT2D eigenvalue weighted by Crippen LogP contribution is -2.16. The molecule has 0 spiro atoms. The Hall–Kier alpha value is -2.61. The minimum absolute atomic E-state index is 0.113. The van der Waals surface area contributed by atoms with Crippen LogP contribution in [0.3, 0.4) is 0 Å². The molecule has 0 N–H and O–H groups in total. The second kappa shape index (κ2) is 6.23. The molecule has 4 rings (SSSR count). The minimum atomic E-state index is -3.46. The third kappa shape index (κ3) is 3.37. The number of rotatable bonds is 5. The molecule has 3 aromatic rings. The molecule has 0 atom stereocenters. The summed E-state index contributed by atoms with van der Waals surface area (Å²) in [6.45, 7) is 0.528. The number of hydrogen-bond donors (Lipinski definition) is 0. The molecule has 1 aromatic carbocycles. The van der Waals surface area contributed by atoms with E-state index in [4.69, 9.17) is 9.15 Å². The van der Waals surface area contributed by atoms with Crippen molar-refractivity contribution in [2.45, 2.75) is 17.7 Å². The maximum absolute atomic E-state index is 13.7. The quantitative estimate of drug-likeness (QED) is 0.668. The second-order valence-corrected chi connectivity index (χ2v) is 8.95. The summed E-state index contributed by atoms with van der Waals surface area (Å²) in [5, 5.41) is 0.275. The van der Waals surface area contributed by atoms with Gasteiger partial charge in [0.25, 0.3) is 11.6 Å². The van der Waals surface area contributed by atoms with E-state index in [9.17, 15) is 17.6 Å². The van der Waals surface area contributed by atoms with E-state index in [0.29, 0.717) is 29.4 Å². The molecular weight excluding hydrogens is 373 g/mol. The van der Waals surface area contributed by atoms with Gasteiger partial charge in [-0.2, -0.15) is 4.39 Å². The average Bonchev–Trinajstić information content (AvgIpc) is 3.35. The lowest BCUT2D eigenvalue weighted by molar-refractivity contribution is 0.301. The maximum Gasteiger partial charge on any atom is 0.294 e. The van der Waals surface area contributed by atoms with Crippen molar-refractivity contribution in [2.75, 3.05) is 12.9 Å². The van der Waals surface area contributed by atoms with Crippen LogP contribution in [0.2, 0.25) is 0 Å². The Kier molecular flexibility index (Phi) is 4.10. The van der Waals surface area contributed by atoms with Crippen LogP contribution in [0.4, 0.5) is 4.39 Å². The fraction of sp³-hybridized carbons (Fsp3) is 0.316. The summed E-state index contributed by atoms with van der Waals surface area (Å²) in [6.07, 6.45) is 4.86. The van der Waals surface area contributed by atoms with Gasteiger partial charge >= 0.3 is 0 Å². The lowest BCUT2D eigenvalue weighted by Gasteiger charge is -2.14. The number of nitrogens with zero attached hydrogens (tertiary/aromatic N) is 1. The van der Waals surface area contributed by atoms with E-state index in [0.717, 1.165) is 25.2 Å². The summed E-state index contributed by atoms with van der Waals surface area (Å²) in [5.74, 6) is 0.981. The second-order valence-electron chi connectivity index (χ2n) is 6.94. The molecule has 27 heavy (non-hydrogen) atoms. The highest BCUT2D eigenvalue weighted by Gasteiger charge is 2.24. The van der Waals surface area contributed by atoms with E-state index in [1.54, 1.807) is 6.07 Å². The van der Waals surface area contributed by atoms with Gasteiger partial charge in [0.2, 0.25) is 5.58 Å². The number of aryl methyl sites for hydroxylation is 1. The van der Waals surface area contributed by atoms with Crippen molar-refractivity contribution in [1.82, 2.24) is 4.57 Å². The average molecular weight is 391 g/mol. The summed E-state index contributed by atoms with van der Waals surface area (Å²) in [7, 11) is -1.93. The van der Waals surface area contributed by atoms with Gasteiger partial charge in [-0.3, -0.25) is 4.79 Å². The Morgan fingerprint density at radius 1 is 1.26 bits per heavy atom. The Morgan fingerprint density at radius 3 is 2.67 bits per heavy atom. The predicted octanol–water partition coefficient (Wildman–Crippen LogP) is 3.13. The Balaban J connectivity index is 1.97. The molecule has 0 bridgehead atoms. The molecular formula is C19H18FNO5S. The summed E-state index contributed by atoms with van der Waals surface area (Å²) in [6, 6.07) is 4.82. The molecule has 2 heterocycles. The highest BCUT2D eigenvalue weighted by molar-refractivity contribution is 7.90. The fourth-order valence-corrected chi connectivity index (χ4v) is 3.63. The van der Waals surface area contributed by atoms with Crippen molar-refractivity contribution in [3.63, 3.8) is 0 Å². The highest BCUT2D eigenvalue weighted by Crippen LogP contribution is 2.38. The van der Waals surface area contributed by atoms with Crippen LogP contribution in [0.25, 0.3) is 22.1 Å². The SMILES string of the molecule is Cn1cc(-c2cc(S(C)(=O)=O)ccc2OCC2CC2)c2cc(F)oc2c1=O. The molecule has 0 amide bonds. The first-order valence-corrected chi connectivity index (χ1v) is 10.4. The van der Waals surface area contributed by atoms with Gasteiger partial charge < -0.3 is 13.7 Å². The van der Waals surface area contributed by atoms with Crippen LogP contribution in [0.15, 0.2) is 44.6 Å². The number of sulfone groups is 1. The minimum Gasteiger partial charge on any atom is -0.493 e. The largest absolute Gasteiger partial charge is 0.493 e. The van der Waals surface area contributed by atoms with Crippen molar-refractivity contribution in [3.05, 3.63) is 46.8 Å². The van der Waals surface area contributed by atoms with Gasteiger partial charge in [-0.15, -0.1) is 0 Å². The summed E-state index contributed by atoms with van der Waals surface area (Å²) >= 11 is 0. The molecule has 0 aliphatic heterocycles. The first-order valence-electron chi connectivity index (χ1n) is 8.50. The number of aromatic nitrogens is 1. The summed E-state index contributed by atoms with van der Waals surface area (Å²) < 4.78 is 49.9. The summed E-state index contributed by atoms with van der Waals surface area (Å²) in [4.78, 5) is 12.3. The third-order valence-corrected chi connectivity index (χ3v) is 5.78. The van der Waals surface area contributed by atoms with Crippen molar-refractivity contribution in [2.24, 2.45) is 13.0 Å². The van der Waals surface area contributed by atoms with Gasteiger partial charge in [0, 0.05) is 42.1 Å². The van der Waals surface area contributed by atoms with Crippen LogP contribution >= 0.6 is 0 Å². The number of ether oxygens (including phenoxy) is 1. The van der Waals surface area contributed by atoms with Crippen LogP contribution in [-0.2, 0) is 16.9 Å². The molecule has 1 aliphatic rings. The first-order chi connectivity index (χ1) is 12.7. The fourth-order valence-electron chi connectivity index (χ4n) is 2.98. The van der Waals surface area contributed by atoms with Crippen LogP contribution in [0.5, 0.6) is 5.75 Å². The predicted molar refractivity (Wildman–Crippen MR) is 98.2 cm³/mol. The molecule has 0 saturated heterocycles. The smallest absolute Gasteiger partial charge is 0.294 e. The van der Waals surface area contributed by atoms with Crippen molar-refractivity contribution in [1.29, 1.82) is 0 Å². The van der Waals surface area contributed by atoms with E-state index in [-0.39, 0.29) is 15.9 Å². The summed E-state index contributed by atoms with van der Waals surface area (Å²) in [5.41, 5.74) is 0.346.